The molecule has 0 aromatic heterocycles. The van der Waals surface area contributed by atoms with E-state index in [1.807, 2.05) is 25.1 Å². The Labute approximate surface area is 110 Å². The molecule has 94 valence electrons. The number of ether oxygens (including phenoxy) is 2. The summed E-state index contributed by atoms with van der Waals surface area (Å²) < 4.78 is 10.4. The second-order valence-electron chi connectivity index (χ2n) is 4.09. The molecule has 1 rings (SSSR count). The topological polar surface area (TPSA) is 35.5 Å². The molecular formula is C13H17BrO3. The number of halogens is 1. The van der Waals surface area contributed by atoms with Crippen LogP contribution in [0.4, 0.5) is 0 Å². The van der Waals surface area contributed by atoms with E-state index < -0.39 is 5.41 Å². The molecule has 17 heavy (non-hydrogen) atoms. The smallest absolute Gasteiger partial charge is 0.161 e. The number of rotatable bonds is 5. The van der Waals surface area contributed by atoms with Crippen LogP contribution in [0.2, 0.25) is 0 Å². The quantitative estimate of drug-likeness (QED) is 0.784. The lowest BCUT2D eigenvalue weighted by Gasteiger charge is -2.25. The van der Waals surface area contributed by atoms with Crippen molar-refractivity contribution >= 4 is 21.7 Å². The van der Waals surface area contributed by atoms with Gasteiger partial charge in [-0.05, 0) is 31.5 Å². The van der Waals surface area contributed by atoms with E-state index >= 15 is 0 Å². The Balaban J connectivity index is 3.27. The number of methoxy groups -OCH3 is 2. The van der Waals surface area contributed by atoms with Crippen molar-refractivity contribution in [1.82, 2.24) is 0 Å². The van der Waals surface area contributed by atoms with Crippen molar-refractivity contribution in [3.63, 3.8) is 0 Å². The molecular weight excluding hydrogens is 284 g/mol. The number of hydrogen-bond donors (Lipinski definition) is 0. The number of carbonyl (C=O) groups excluding carboxylic acids is 1. The van der Waals surface area contributed by atoms with Crippen LogP contribution in [0.5, 0.6) is 11.5 Å². The van der Waals surface area contributed by atoms with Crippen LogP contribution in [-0.2, 0) is 10.2 Å². The summed E-state index contributed by atoms with van der Waals surface area (Å²) >= 11 is 3.40. The molecule has 0 aliphatic heterocycles. The van der Waals surface area contributed by atoms with Gasteiger partial charge in [0.05, 0.1) is 19.6 Å². The Bertz CT molecular complexity index is 417. The first-order chi connectivity index (χ1) is 7.99. The van der Waals surface area contributed by atoms with Gasteiger partial charge in [-0.3, -0.25) is 4.79 Å². The molecule has 1 aromatic carbocycles. The number of ketones is 1. The van der Waals surface area contributed by atoms with Crippen molar-refractivity contribution in [2.75, 3.05) is 19.5 Å². The minimum absolute atomic E-state index is 0.113. The van der Waals surface area contributed by atoms with Crippen molar-refractivity contribution in [2.45, 2.75) is 19.3 Å². The maximum atomic E-state index is 11.7. The lowest BCUT2D eigenvalue weighted by Crippen LogP contribution is -2.32. The van der Waals surface area contributed by atoms with Crippen LogP contribution in [0.25, 0.3) is 0 Å². The summed E-state index contributed by atoms with van der Waals surface area (Å²) in [4.78, 5) is 11.7. The average Bonchev–Trinajstić information content (AvgIpc) is 2.36. The van der Waals surface area contributed by atoms with E-state index in [1.165, 1.54) is 0 Å². The van der Waals surface area contributed by atoms with Crippen LogP contribution in [0.15, 0.2) is 18.2 Å². The molecule has 0 N–H and O–H groups in total. The number of alkyl halides is 1. The molecule has 0 amide bonds. The normalized spacial score (nSPS) is 13.9. The first-order valence-corrected chi connectivity index (χ1v) is 6.41. The van der Waals surface area contributed by atoms with Gasteiger partial charge in [0.2, 0.25) is 0 Å². The largest absolute Gasteiger partial charge is 0.493 e. The van der Waals surface area contributed by atoms with Gasteiger partial charge in [-0.1, -0.05) is 22.0 Å². The van der Waals surface area contributed by atoms with Crippen LogP contribution in [0, 0.1) is 0 Å². The van der Waals surface area contributed by atoms with Crippen LogP contribution >= 0.6 is 15.9 Å². The molecule has 3 nitrogen and oxygen atoms in total. The van der Waals surface area contributed by atoms with E-state index in [9.17, 15) is 4.79 Å². The Morgan fingerprint density at radius 1 is 1.29 bits per heavy atom. The lowest BCUT2D eigenvalue weighted by molar-refractivity contribution is -0.121. The van der Waals surface area contributed by atoms with Gasteiger partial charge in [0.25, 0.3) is 0 Å². The molecule has 0 heterocycles. The van der Waals surface area contributed by atoms with Gasteiger partial charge in [-0.2, -0.15) is 0 Å². The molecule has 0 fully saturated rings. The third-order valence-electron chi connectivity index (χ3n) is 3.06. The molecule has 0 radical (unpaired) electrons. The summed E-state index contributed by atoms with van der Waals surface area (Å²) in [6.07, 6.45) is 0. The van der Waals surface area contributed by atoms with Gasteiger partial charge in [0.1, 0.15) is 5.78 Å². The summed E-state index contributed by atoms with van der Waals surface area (Å²) in [5.41, 5.74) is 0.374. The molecule has 1 aromatic rings. The van der Waals surface area contributed by atoms with Crippen LogP contribution in [-0.4, -0.2) is 25.3 Å². The molecule has 0 bridgehead atoms. The molecule has 0 aliphatic rings. The van der Waals surface area contributed by atoms with Crippen LogP contribution < -0.4 is 9.47 Å². The monoisotopic (exact) mass is 300 g/mol. The third-order valence-corrected chi connectivity index (χ3v) is 4.19. The number of benzene rings is 1. The lowest BCUT2D eigenvalue weighted by atomic mass is 9.81. The molecule has 0 aliphatic carbocycles. The average molecular weight is 301 g/mol. The second-order valence-corrected chi connectivity index (χ2v) is 4.65. The van der Waals surface area contributed by atoms with Gasteiger partial charge in [-0.15, -0.1) is 0 Å². The Kier molecular flexibility index (Phi) is 4.57. The Morgan fingerprint density at radius 2 is 1.88 bits per heavy atom. The summed E-state index contributed by atoms with van der Waals surface area (Å²) in [7, 11) is 3.17. The second kappa shape index (κ2) is 5.54. The molecule has 1 unspecified atom stereocenters. The summed E-state index contributed by atoms with van der Waals surface area (Å²) in [5.74, 6) is 1.41. The highest BCUT2D eigenvalue weighted by Gasteiger charge is 2.31. The van der Waals surface area contributed by atoms with Gasteiger partial charge in [0, 0.05) is 5.33 Å². The molecule has 4 heteroatoms. The Morgan fingerprint density at radius 3 is 2.29 bits per heavy atom. The fraction of sp³-hybridized carbons (Fsp3) is 0.462. The fourth-order valence-corrected chi connectivity index (χ4v) is 2.27. The van der Waals surface area contributed by atoms with Gasteiger partial charge in [-0.25, -0.2) is 0 Å². The van der Waals surface area contributed by atoms with Crippen molar-refractivity contribution in [2.24, 2.45) is 0 Å². The fourth-order valence-electron chi connectivity index (χ4n) is 1.55. The van der Waals surface area contributed by atoms with Gasteiger partial charge >= 0.3 is 0 Å². The zero-order valence-electron chi connectivity index (χ0n) is 10.5. The van der Waals surface area contributed by atoms with E-state index in [4.69, 9.17) is 9.47 Å². The Hall–Kier alpha value is -1.03. The minimum Gasteiger partial charge on any atom is -0.493 e. The minimum atomic E-state index is -0.542. The first-order valence-electron chi connectivity index (χ1n) is 5.29. The highest BCUT2D eigenvalue weighted by atomic mass is 79.9. The van der Waals surface area contributed by atoms with E-state index in [2.05, 4.69) is 15.9 Å². The van der Waals surface area contributed by atoms with Crippen LogP contribution in [0.3, 0.4) is 0 Å². The van der Waals surface area contributed by atoms with E-state index in [1.54, 1.807) is 21.1 Å². The predicted octanol–water partition coefficient (Wildman–Crippen LogP) is 2.95. The highest BCUT2D eigenvalue weighted by molar-refractivity contribution is 9.09. The molecule has 0 saturated heterocycles. The molecule has 0 saturated carbocycles. The SMILES string of the molecule is COc1ccc(C(C)(CBr)C(C)=O)cc1OC. The van der Waals surface area contributed by atoms with Crippen molar-refractivity contribution in [3.05, 3.63) is 23.8 Å². The van der Waals surface area contributed by atoms with E-state index in [0.717, 1.165) is 5.56 Å². The van der Waals surface area contributed by atoms with Gasteiger partial charge in [0.15, 0.2) is 11.5 Å². The first kappa shape index (κ1) is 14.0. The predicted molar refractivity (Wildman–Crippen MR) is 71.4 cm³/mol. The third kappa shape index (κ3) is 2.63. The van der Waals surface area contributed by atoms with E-state index in [-0.39, 0.29) is 5.78 Å². The van der Waals surface area contributed by atoms with Crippen molar-refractivity contribution in [3.8, 4) is 11.5 Å². The zero-order chi connectivity index (χ0) is 13.1. The molecule has 1 atom stereocenters. The maximum absolute atomic E-state index is 11.7. The van der Waals surface area contributed by atoms with Crippen molar-refractivity contribution < 1.29 is 14.3 Å². The number of carbonyl (C=O) groups is 1. The summed E-state index contributed by atoms with van der Waals surface area (Å²) in [5, 5.41) is 0.574. The standard InChI is InChI=1S/C13H17BrO3/c1-9(15)13(2,8-14)10-5-6-11(16-3)12(7-10)17-4/h5-7H,8H2,1-4H3. The van der Waals surface area contributed by atoms with Crippen LogP contribution in [0.1, 0.15) is 19.4 Å². The molecule has 0 spiro atoms. The number of Topliss-reactive ketones (excluding diaryl/α,β-unsaturated/α-hetero) is 1. The summed E-state index contributed by atoms with van der Waals surface area (Å²) in [6, 6.07) is 5.56. The van der Waals surface area contributed by atoms with E-state index in [0.29, 0.717) is 16.8 Å². The van der Waals surface area contributed by atoms with Crippen molar-refractivity contribution in [1.29, 1.82) is 0 Å². The van der Waals surface area contributed by atoms with Gasteiger partial charge < -0.3 is 9.47 Å². The summed E-state index contributed by atoms with van der Waals surface area (Å²) in [6.45, 7) is 3.50. The highest BCUT2D eigenvalue weighted by Crippen LogP contribution is 2.34. The zero-order valence-corrected chi connectivity index (χ0v) is 12.1. The maximum Gasteiger partial charge on any atom is 0.161 e. The number of hydrogen-bond acceptors (Lipinski definition) is 3.